The summed E-state index contributed by atoms with van der Waals surface area (Å²) in [4.78, 5) is 19.1. The van der Waals surface area contributed by atoms with Gasteiger partial charge in [-0.2, -0.15) is 0 Å². The highest BCUT2D eigenvalue weighted by Crippen LogP contribution is 2.41. The third kappa shape index (κ3) is 5.85. The number of alkyl halides is 1. The number of aromatic nitrogens is 1. The Morgan fingerprint density at radius 1 is 1.22 bits per heavy atom. The molecule has 6 nitrogen and oxygen atoms in total. The van der Waals surface area contributed by atoms with E-state index < -0.39 is 17.6 Å². The summed E-state index contributed by atoms with van der Waals surface area (Å²) in [6, 6.07) is 15.8. The lowest BCUT2D eigenvalue weighted by molar-refractivity contribution is -0.153. The fourth-order valence-electron chi connectivity index (χ4n) is 5.37. The van der Waals surface area contributed by atoms with Crippen molar-refractivity contribution in [1.29, 1.82) is 0 Å². The Hall–Kier alpha value is -3.03. The van der Waals surface area contributed by atoms with Crippen LogP contribution in [0.15, 0.2) is 54.7 Å². The Morgan fingerprint density at radius 2 is 1.97 bits per heavy atom. The predicted octanol–water partition coefficient (Wildman–Crippen LogP) is 5.29. The highest BCUT2D eigenvalue weighted by Gasteiger charge is 2.41. The van der Waals surface area contributed by atoms with E-state index >= 15 is 4.39 Å². The van der Waals surface area contributed by atoms with Crippen LogP contribution < -0.4 is 10.5 Å². The zero-order valence-electron chi connectivity index (χ0n) is 21.0. The maximum atomic E-state index is 15.8. The molecule has 7 heteroatoms. The van der Waals surface area contributed by atoms with Gasteiger partial charge in [-0.1, -0.05) is 30.3 Å². The van der Waals surface area contributed by atoms with Gasteiger partial charge in [-0.15, -0.1) is 0 Å². The third-order valence-electron chi connectivity index (χ3n) is 7.66. The van der Waals surface area contributed by atoms with E-state index in [0.717, 1.165) is 32.5 Å². The van der Waals surface area contributed by atoms with Gasteiger partial charge < -0.3 is 20.5 Å². The van der Waals surface area contributed by atoms with Crippen molar-refractivity contribution < 1.29 is 19.0 Å². The van der Waals surface area contributed by atoms with Crippen LogP contribution in [0, 0.1) is 5.41 Å². The minimum absolute atomic E-state index is 0.129. The minimum atomic E-state index is -1.33. The van der Waals surface area contributed by atoms with E-state index in [0.29, 0.717) is 47.0 Å². The van der Waals surface area contributed by atoms with Crippen LogP contribution in [0.1, 0.15) is 55.0 Å². The molecule has 1 saturated heterocycles. The lowest BCUT2D eigenvalue weighted by Gasteiger charge is -2.39. The van der Waals surface area contributed by atoms with Crippen molar-refractivity contribution in [1.82, 2.24) is 9.88 Å². The topological polar surface area (TPSA) is 88.7 Å². The van der Waals surface area contributed by atoms with Crippen LogP contribution in [0.2, 0.25) is 0 Å². The molecule has 4 rings (SSSR count). The quantitative estimate of drug-likeness (QED) is 0.377. The number of ether oxygens (including phenoxy) is 1. The average molecular weight is 494 g/mol. The first-order valence-electron chi connectivity index (χ1n) is 12.7. The van der Waals surface area contributed by atoms with Crippen LogP contribution in [-0.2, 0) is 17.8 Å². The summed E-state index contributed by atoms with van der Waals surface area (Å²) in [6.07, 6.45) is 3.84. The molecule has 1 aromatic heterocycles. The fourth-order valence-corrected chi connectivity index (χ4v) is 5.37. The number of aliphatic carboxylic acids is 1. The molecule has 1 aliphatic heterocycles. The van der Waals surface area contributed by atoms with Gasteiger partial charge in [-0.3, -0.25) is 9.78 Å². The molecule has 0 radical (unpaired) electrons. The first-order chi connectivity index (χ1) is 17.5. The van der Waals surface area contributed by atoms with Crippen molar-refractivity contribution in [3.63, 3.8) is 0 Å². The van der Waals surface area contributed by atoms with E-state index in [2.05, 4.69) is 34.1 Å². The standard InChI is InChI=1S/C29H36FN3O3/c1-36-23-9-10-26-24(18-23)27(22(19-31)20-32-26)25(30)11-12-29(28(34)35)13-16-33(17-14-29)15-5-8-21-6-3-2-4-7-21/h2-4,6-7,9-10,18,20,25H,5,8,11-17,19,31H2,1H3,(H,34,35)/t25-/m1/s1. The van der Waals surface area contributed by atoms with Gasteiger partial charge in [-0.25, -0.2) is 4.39 Å². The molecule has 1 atom stereocenters. The minimum Gasteiger partial charge on any atom is -0.497 e. The number of piperidine rings is 1. The smallest absolute Gasteiger partial charge is 0.309 e. The number of nitrogens with two attached hydrogens (primary N) is 1. The van der Waals surface area contributed by atoms with Gasteiger partial charge in [0.1, 0.15) is 11.9 Å². The number of carboxylic acids is 1. The van der Waals surface area contributed by atoms with Gasteiger partial charge in [0.05, 0.1) is 18.0 Å². The number of rotatable bonds is 11. The molecule has 1 fully saturated rings. The Labute approximate surface area is 212 Å². The summed E-state index contributed by atoms with van der Waals surface area (Å²) in [6.45, 7) is 2.56. The van der Waals surface area contributed by atoms with Crippen LogP contribution in [0.4, 0.5) is 4.39 Å². The maximum absolute atomic E-state index is 15.8. The molecule has 0 aliphatic carbocycles. The third-order valence-corrected chi connectivity index (χ3v) is 7.66. The molecular weight excluding hydrogens is 457 g/mol. The van der Waals surface area contributed by atoms with Crippen molar-refractivity contribution in [3.05, 3.63) is 71.4 Å². The van der Waals surface area contributed by atoms with Crippen molar-refractivity contribution >= 4 is 16.9 Å². The monoisotopic (exact) mass is 493 g/mol. The van der Waals surface area contributed by atoms with E-state index in [1.807, 2.05) is 6.07 Å². The molecular formula is C29H36FN3O3. The van der Waals surface area contributed by atoms with Gasteiger partial charge in [0.15, 0.2) is 0 Å². The van der Waals surface area contributed by atoms with E-state index in [4.69, 9.17) is 10.5 Å². The van der Waals surface area contributed by atoms with Gasteiger partial charge in [-0.05, 0) is 87.5 Å². The molecule has 1 aliphatic rings. The molecule has 2 heterocycles. The van der Waals surface area contributed by atoms with Crippen LogP contribution in [0.3, 0.4) is 0 Å². The summed E-state index contributed by atoms with van der Waals surface area (Å²) in [5, 5.41) is 10.8. The first-order valence-corrected chi connectivity index (χ1v) is 12.7. The second-order valence-corrected chi connectivity index (χ2v) is 9.81. The van der Waals surface area contributed by atoms with Crippen LogP contribution >= 0.6 is 0 Å². The molecule has 0 spiro atoms. The van der Waals surface area contributed by atoms with E-state index in [9.17, 15) is 9.90 Å². The molecule has 0 bridgehead atoms. The molecule has 0 amide bonds. The van der Waals surface area contributed by atoms with Crippen molar-refractivity contribution in [2.24, 2.45) is 11.1 Å². The number of likely N-dealkylation sites (tertiary alicyclic amines) is 1. The van der Waals surface area contributed by atoms with Gasteiger partial charge in [0.25, 0.3) is 0 Å². The number of methoxy groups -OCH3 is 1. The normalized spacial score (nSPS) is 16.6. The van der Waals surface area contributed by atoms with Gasteiger partial charge >= 0.3 is 5.97 Å². The second-order valence-electron chi connectivity index (χ2n) is 9.81. The second kappa shape index (κ2) is 11.8. The fraction of sp³-hybridized carbons (Fsp3) is 0.448. The number of fused-ring (bicyclic) bond motifs is 1. The highest BCUT2D eigenvalue weighted by molar-refractivity contribution is 5.85. The molecule has 0 saturated carbocycles. The first kappa shape index (κ1) is 26.0. The number of halogens is 1. The van der Waals surface area contributed by atoms with Crippen molar-refractivity contribution in [3.8, 4) is 5.75 Å². The Bertz CT molecular complexity index is 1160. The molecule has 192 valence electrons. The number of aryl methyl sites for hydroxylation is 1. The number of carboxylic acid groups (broad SMARTS) is 1. The van der Waals surface area contributed by atoms with Crippen LogP contribution in [-0.4, -0.2) is 47.7 Å². The predicted molar refractivity (Wildman–Crippen MR) is 140 cm³/mol. The summed E-state index contributed by atoms with van der Waals surface area (Å²) < 4.78 is 21.1. The van der Waals surface area contributed by atoms with Crippen LogP contribution in [0.25, 0.3) is 10.9 Å². The summed E-state index contributed by atoms with van der Waals surface area (Å²) in [7, 11) is 1.57. The number of carbonyl (C=O) groups is 1. The largest absolute Gasteiger partial charge is 0.497 e. The van der Waals surface area contributed by atoms with E-state index in [1.54, 1.807) is 31.5 Å². The molecule has 36 heavy (non-hydrogen) atoms. The van der Waals surface area contributed by atoms with E-state index in [-0.39, 0.29) is 13.0 Å². The number of hydrogen-bond acceptors (Lipinski definition) is 5. The molecule has 3 aromatic rings. The van der Waals surface area contributed by atoms with Crippen molar-refractivity contribution in [2.75, 3.05) is 26.7 Å². The Morgan fingerprint density at radius 3 is 2.64 bits per heavy atom. The number of nitrogens with zero attached hydrogens (tertiary/aromatic N) is 2. The zero-order valence-corrected chi connectivity index (χ0v) is 21.0. The molecule has 3 N–H and O–H groups in total. The Kier molecular flexibility index (Phi) is 8.54. The zero-order chi connectivity index (χ0) is 25.5. The maximum Gasteiger partial charge on any atom is 0.309 e. The number of pyridine rings is 1. The molecule has 0 unspecified atom stereocenters. The van der Waals surface area contributed by atoms with Crippen molar-refractivity contribution in [2.45, 2.75) is 51.2 Å². The lowest BCUT2D eigenvalue weighted by Crippen LogP contribution is -2.44. The summed E-state index contributed by atoms with van der Waals surface area (Å²) in [5.74, 6) is -0.201. The molecule has 2 aromatic carbocycles. The lowest BCUT2D eigenvalue weighted by atomic mass is 9.74. The highest BCUT2D eigenvalue weighted by atomic mass is 19.1. The average Bonchev–Trinajstić information content (AvgIpc) is 2.92. The van der Waals surface area contributed by atoms with E-state index in [1.165, 1.54) is 5.56 Å². The SMILES string of the molecule is COc1ccc2ncc(CN)c([C@H](F)CCC3(C(=O)O)CCN(CCCc4ccccc4)CC3)c2c1. The Balaban J connectivity index is 1.40. The number of hydrogen-bond donors (Lipinski definition) is 2. The van der Waals surface area contributed by atoms with Gasteiger partial charge in [0.2, 0.25) is 0 Å². The van der Waals surface area contributed by atoms with Gasteiger partial charge in [0, 0.05) is 23.7 Å². The van der Waals surface area contributed by atoms with Crippen LogP contribution in [0.5, 0.6) is 5.75 Å². The number of benzene rings is 2. The summed E-state index contributed by atoms with van der Waals surface area (Å²) in [5.41, 5.74) is 8.15. The summed E-state index contributed by atoms with van der Waals surface area (Å²) >= 11 is 0.